The molecule has 43 heavy (non-hydrogen) atoms. The Morgan fingerprint density at radius 1 is 1.02 bits per heavy atom. The molecular weight excluding hydrogens is 617 g/mol. The summed E-state index contributed by atoms with van der Waals surface area (Å²) in [5.41, 5.74) is 0.109. The van der Waals surface area contributed by atoms with Crippen LogP contribution in [0.25, 0.3) is 0 Å². The van der Waals surface area contributed by atoms with E-state index >= 15 is 4.39 Å². The number of amides is 2. The molecule has 2 saturated heterocycles. The van der Waals surface area contributed by atoms with Gasteiger partial charge < -0.3 is 15.5 Å². The van der Waals surface area contributed by atoms with E-state index < -0.39 is 46.5 Å². The van der Waals surface area contributed by atoms with Gasteiger partial charge in [0.1, 0.15) is 0 Å². The lowest BCUT2D eigenvalue weighted by Gasteiger charge is -2.42. The number of piperazine rings is 1. The Labute approximate surface area is 254 Å². The molecule has 2 heterocycles. The largest absolute Gasteiger partial charge is 0.390 e. The van der Waals surface area contributed by atoms with Crippen LogP contribution in [0.5, 0.6) is 0 Å². The quantitative estimate of drug-likeness (QED) is 0.400. The number of carbonyl (C=O) groups is 2. The summed E-state index contributed by atoms with van der Waals surface area (Å²) in [5, 5.41) is 5.51. The van der Waals surface area contributed by atoms with Crippen LogP contribution < -0.4 is 15.5 Å². The molecule has 15 heteroatoms. The second-order valence-electron chi connectivity index (χ2n) is 10.6. The Hall–Kier alpha value is -2.81. The summed E-state index contributed by atoms with van der Waals surface area (Å²) in [6.07, 6.45) is -5.16. The summed E-state index contributed by atoms with van der Waals surface area (Å²) in [6, 6.07) is 6.78. The lowest BCUT2D eigenvalue weighted by molar-refractivity contribution is -0.138. The highest BCUT2D eigenvalue weighted by Gasteiger charge is 2.31. The fourth-order valence-corrected chi connectivity index (χ4v) is 6.40. The first-order chi connectivity index (χ1) is 20.3. The zero-order valence-electron chi connectivity index (χ0n) is 23.5. The van der Waals surface area contributed by atoms with Crippen LogP contribution in [0, 0.1) is 11.6 Å². The van der Waals surface area contributed by atoms with E-state index in [1.54, 1.807) is 11.0 Å². The van der Waals surface area contributed by atoms with Crippen LogP contribution in [0.2, 0.25) is 5.02 Å². The van der Waals surface area contributed by atoms with Crippen molar-refractivity contribution >= 4 is 45.6 Å². The summed E-state index contributed by atoms with van der Waals surface area (Å²) in [6.45, 7) is 3.59. The van der Waals surface area contributed by atoms with Crippen molar-refractivity contribution in [1.82, 2.24) is 15.1 Å². The van der Waals surface area contributed by atoms with Gasteiger partial charge in [0.05, 0.1) is 29.9 Å². The number of alkyl halides is 3. The lowest BCUT2D eigenvalue weighted by atomic mass is 10.1. The van der Waals surface area contributed by atoms with Crippen LogP contribution in [0.4, 0.5) is 33.3 Å². The summed E-state index contributed by atoms with van der Waals surface area (Å²) in [4.78, 5) is 30.8. The molecule has 2 aliphatic rings. The first-order valence-electron chi connectivity index (χ1n) is 13.8. The third-order valence-electron chi connectivity index (χ3n) is 7.46. The van der Waals surface area contributed by atoms with Gasteiger partial charge in [0.2, 0.25) is 5.91 Å². The highest BCUT2D eigenvalue weighted by Crippen LogP contribution is 2.33. The van der Waals surface area contributed by atoms with Crippen molar-refractivity contribution in [3.8, 4) is 0 Å². The summed E-state index contributed by atoms with van der Waals surface area (Å²) in [7, 11) is -0.883. The Balaban J connectivity index is 1.40. The maximum Gasteiger partial charge on any atom is 0.390 e. The van der Waals surface area contributed by atoms with E-state index in [2.05, 4.69) is 10.6 Å². The fourth-order valence-electron chi connectivity index (χ4n) is 5.10. The third-order valence-corrected chi connectivity index (χ3v) is 8.97. The molecule has 4 rings (SSSR count). The van der Waals surface area contributed by atoms with Crippen LogP contribution in [-0.2, 0) is 22.1 Å². The second-order valence-corrected chi connectivity index (χ2v) is 12.8. The van der Waals surface area contributed by atoms with E-state index in [-0.39, 0.29) is 42.8 Å². The maximum absolute atomic E-state index is 15.0. The second kappa shape index (κ2) is 14.3. The molecule has 2 aromatic carbocycles. The van der Waals surface area contributed by atoms with Gasteiger partial charge in [0.25, 0.3) is 5.91 Å². The minimum absolute atomic E-state index is 0.0481. The van der Waals surface area contributed by atoms with Crippen molar-refractivity contribution < 1.29 is 35.8 Å². The zero-order valence-corrected chi connectivity index (χ0v) is 25.1. The molecule has 2 fully saturated rings. The van der Waals surface area contributed by atoms with Crippen LogP contribution >= 0.6 is 11.6 Å². The number of nitrogens with zero attached hydrogens (tertiary/aromatic N) is 3. The molecule has 0 aromatic heterocycles. The molecule has 2 N–H and O–H groups in total. The van der Waals surface area contributed by atoms with Gasteiger partial charge in [-0.15, -0.1) is 0 Å². The Kier molecular flexibility index (Phi) is 11.0. The van der Waals surface area contributed by atoms with E-state index in [0.717, 1.165) is 6.07 Å². The average Bonchev–Trinajstić information content (AvgIpc) is 2.94. The highest BCUT2D eigenvalue weighted by molar-refractivity contribution is 7.85. The number of benzene rings is 2. The van der Waals surface area contributed by atoms with Gasteiger partial charge in [0.15, 0.2) is 11.6 Å². The molecule has 2 aromatic rings. The molecule has 236 valence electrons. The average molecular weight is 650 g/mol. The number of hydrogen-bond donors (Lipinski definition) is 2. The van der Waals surface area contributed by atoms with E-state index in [1.165, 1.54) is 18.2 Å². The molecular formula is C28H33ClF5N5O3S. The van der Waals surface area contributed by atoms with Gasteiger partial charge in [-0.1, -0.05) is 17.7 Å². The number of rotatable bonds is 9. The number of carbonyl (C=O) groups excluding carboxylic acids is 2. The maximum atomic E-state index is 15.0. The Morgan fingerprint density at radius 2 is 1.74 bits per heavy atom. The molecule has 0 aliphatic carbocycles. The number of nitrogens with one attached hydrogen (secondary N) is 2. The van der Waals surface area contributed by atoms with Crippen molar-refractivity contribution in [3.05, 3.63) is 58.1 Å². The van der Waals surface area contributed by atoms with Crippen LogP contribution in [0.15, 0.2) is 30.3 Å². The molecule has 0 radical (unpaired) electrons. The minimum Gasteiger partial charge on any atom is -0.365 e. The molecule has 1 atom stereocenters. The zero-order chi connectivity index (χ0) is 31.3. The Morgan fingerprint density at radius 3 is 2.42 bits per heavy atom. The van der Waals surface area contributed by atoms with Crippen molar-refractivity contribution in [1.29, 1.82) is 0 Å². The van der Waals surface area contributed by atoms with Gasteiger partial charge in [-0.2, -0.15) is 13.2 Å². The van der Waals surface area contributed by atoms with Crippen molar-refractivity contribution in [2.45, 2.75) is 32.1 Å². The van der Waals surface area contributed by atoms with Crippen molar-refractivity contribution in [2.75, 3.05) is 67.5 Å². The summed E-state index contributed by atoms with van der Waals surface area (Å²) in [5.74, 6) is -2.97. The van der Waals surface area contributed by atoms with Crippen molar-refractivity contribution in [2.24, 2.45) is 0 Å². The first kappa shape index (κ1) is 33.1. The van der Waals surface area contributed by atoms with Gasteiger partial charge >= 0.3 is 6.18 Å². The summed E-state index contributed by atoms with van der Waals surface area (Å²) >= 11 is 6.21. The van der Waals surface area contributed by atoms with E-state index in [9.17, 15) is 31.4 Å². The van der Waals surface area contributed by atoms with Gasteiger partial charge in [0, 0.05) is 84.7 Å². The van der Waals surface area contributed by atoms with E-state index in [0.29, 0.717) is 54.9 Å². The normalized spacial score (nSPS) is 19.0. The third kappa shape index (κ3) is 9.10. The summed E-state index contributed by atoms with van der Waals surface area (Å²) < 4.78 is 79.4. The van der Waals surface area contributed by atoms with E-state index in [1.807, 2.05) is 16.7 Å². The topological polar surface area (TPSA) is 85.0 Å². The number of halogens is 6. The number of anilines is 2. The molecule has 2 amide bonds. The minimum atomic E-state index is -4.25. The van der Waals surface area contributed by atoms with Gasteiger partial charge in [-0.05, 0) is 31.2 Å². The monoisotopic (exact) mass is 649 g/mol. The van der Waals surface area contributed by atoms with Crippen LogP contribution in [0.1, 0.15) is 29.3 Å². The van der Waals surface area contributed by atoms with Gasteiger partial charge in [-0.25, -0.2) is 8.78 Å². The predicted octanol–water partition coefficient (Wildman–Crippen LogP) is 4.01. The SMILES string of the molecule is C[C@@H]1CN(CCC(F)(F)F)CCN1c1cc(Cl)ccc1NC(=O)c1ccc(CNC(=O)CN2CCS(=O)CC2)c(F)c1F. The molecule has 0 spiro atoms. The van der Waals surface area contributed by atoms with E-state index in [4.69, 9.17) is 11.6 Å². The molecule has 0 saturated carbocycles. The standard InChI is InChI=1S/C28H33ClF5N5O3S/c1-18-16-37(7-6-28(32,33)34)8-9-39(18)23-14-20(29)3-5-22(23)36-27(41)21-4-2-19(25(30)26(21)31)15-35-24(40)17-38-10-12-43(42)13-11-38/h2-5,14,18H,6-13,15-17H2,1H3,(H,35,40)(H,36,41)/t18-/m1/s1. The smallest absolute Gasteiger partial charge is 0.365 e. The molecule has 0 unspecified atom stereocenters. The molecule has 0 bridgehead atoms. The van der Waals surface area contributed by atoms with Crippen LogP contribution in [0.3, 0.4) is 0 Å². The first-order valence-corrected chi connectivity index (χ1v) is 15.6. The van der Waals surface area contributed by atoms with Crippen molar-refractivity contribution in [3.63, 3.8) is 0 Å². The van der Waals surface area contributed by atoms with Crippen LogP contribution in [-0.4, -0.2) is 95.4 Å². The Bertz CT molecular complexity index is 1350. The molecule has 2 aliphatic heterocycles. The lowest BCUT2D eigenvalue weighted by Crippen LogP contribution is -2.52. The predicted molar refractivity (Wildman–Crippen MR) is 156 cm³/mol. The molecule has 8 nitrogen and oxygen atoms in total. The highest BCUT2D eigenvalue weighted by atomic mass is 35.5. The number of hydrogen-bond acceptors (Lipinski definition) is 6. The fraction of sp³-hybridized carbons (Fsp3) is 0.500. The van der Waals surface area contributed by atoms with Gasteiger partial charge in [-0.3, -0.25) is 23.6 Å².